The molecule has 28 heavy (non-hydrogen) atoms. The van der Waals surface area contributed by atoms with Crippen molar-refractivity contribution in [3.63, 3.8) is 0 Å². The molecule has 0 aliphatic carbocycles. The Balaban J connectivity index is 1.63. The highest BCUT2D eigenvalue weighted by atomic mass is 32.2. The second-order valence-corrected chi connectivity index (χ2v) is 8.66. The third-order valence-corrected chi connectivity index (χ3v) is 5.92. The summed E-state index contributed by atoms with van der Waals surface area (Å²) in [6, 6.07) is 12.9. The number of sulfonamides is 1. The molecular weight excluding hydrogens is 398 g/mol. The van der Waals surface area contributed by atoms with Crippen LogP contribution in [0.15, 0.2) is 77.0 Å². The van der Waals surface area contributed by atoms with Crippen LogP contribution in [0.2, 0.25) is 0 Å². The van der Waals surface area contributed by atoms with Gasteiger partial charge in [-0.1, -0.05) is 17.8 Å². The van der Waals surface area contributed by atoms with Crippen molar-refractivity contribution in [2.24, 2.45) is 0 Å². The zero-order valence-corrected chi connectivity index (χ0v) is 16.4. The highest BCUT2D eigenvalue weighted by Gasteiger charge is 2.17. The summed E-state index contributed by atoms with van der Waals surface area (Å²) in [4.78, 5) is 24.2. The molecule has 0 spiro atoms. The van der Waals surface area contributed by atoms with Gasteiger partial charge in [-0.2, -0.15) is 0 Å². The molecule has 0 fully saturated rings. The first-order chi connectivity index (χ1) is 13.4. The zero-order valence-electron chi connectivity index (χ0n) is 14.8. The maximum Gasteiger partial charge on any atom is 0.264 e. The van der Waals surface area contributed by atoms with Gasteiger partial charge >= 0.3 is 0 Å². The number of nitrogens with one attached hydrogen (secondary N) is 2. The monoisotopic (exact) mass is 415 g/mol. The lowest BCUT2D eigenvalue weighted by molar-refractivity contribution is -0.115. The number of carbonyl (C=O) groups is 1. The quantitative estimate of drug-likeness (QED) is 0.570. The first-order valence-electron chi connectivity index (χ1n) is 8.22. The van der Waals surface area contributed by atoms with Crippen LogP contribution in [0, 0.1) is 0 Å². The Labute approximate surface area is 166 Å². The number of thioether (sulfide) groups is 1. The number of pyridine rings is 1. The number of carbonyl (C=O) groups excluding carboxylic acids is 1. The van der Waals surface area contributed by atoms with E-state index in [1.165, 1.54) is 48.4 Å². The molecule has 2 aromatic heterocycles. The molecule has 0 aliphatic rings. The van der Waals surface area contributed by atoms with E-state index in [9.17, 15) is 13.2 Å². The van der Waals surface area contributed by atoms with Crippen molar-refractivity contribution in [3.05, 3.63) is 67.1 Å². The molecule has 1 atom stereocenters. The minimum Gasteiger partial charge on any atom is -0.325 e. The second kappa shape index (κ2) is 8.81. The standard InChI is InChI=1S/C18H17N5O3S2/c1-13(27-16-5-2-3-10-19-16)17(24)22-14-6-8-15(9-7-14)28(25,26)23-18-20-11-4-12-21-18/h2-13H,1H3,(H,22,24)(H,20,21,23)/t13-/m1/s1. The number of amides is 1. The van der Waals surface area contributed by atoms with Gasteiger partial charge in [-0.05, 0) is 49.4 Å². The highest BCUT2D eigenvalue weighted by molar-refractivity contribution is 8.00. The van der Waals surface area contributed by atoms with Crippen LogP contribution in [-0.2, 0) is 14.8 Å². The van der Waals surface area contributed by atoms with E-state index >= 15 is 0 Å². The fraction of sp³-hybridized carbons (Fsp3) is 0.111. The molecule has 8 nitrogen and oxygen atoms in total. The van der Waals surface area contributed by atoms with E-state index in [1.54, 1.807) is 19.2 Å². The molecule has 3 aromatic rings. The summed E-state index contributed by atoms with van der Waals surface area (Å²) < 4.78 is 27.0. The number of hydrogen-bond acceptors (Lipinski definition) is 7. The van der Waals surface area contributed by atoms with Gasteiger partial charge < -0.3 is 5.32 Å². The maximum atomic E-state index is 12.4. The molecule has 2 N–H and O–H groups in total. The second-order valence-electron chi connectivity index (χ2n) is 5.62. The molecule has 0 saturated heterocycles. The molecule has 144 valence electrons. The van der Waals surface area contributed by atoms with Crippen LogP contribution in [0.5, 0.6) is 0 Å². The summed E-state index contributed by atoms with van der Waals surface area (Å²) in [7, 11) is -3.82. The lowest BCUT2D eigenvalue weighted by atomic mass is 10.3. The van der Waals surface area contributed by atoms with Gasteiger partial charge in [0.2, 0.25) is 11.9 Å². The lowest BCUT2D eigenvalue weighted by Crippen LogP contribution is -2.22. The Morgan fingerprint density at radius 2 is 1.64 bits per heavy atom. The van der Waals surface area contributed by atoms with Gasteiger partial charge in [0.1, 0.15) is 0 Å². The summed E-state index contributed by atoms with van der Waals surface area (Å²) in [5, 5.41) is 3.15. The number of nitrogens with zero attached hydrogens (tertiary/aromatic N) is 3. The normalized spacial score (nSPS) is 12.2. The van der Waals surface area contributed by atoms with Crippen molar-refractivity contribution < 1.29 is 13.2 Å². The Bertz CT molecular complexity index is 1030. The molecule has 3 rings (SSSR count). The summed E-state index contributed by atoms with van der Waals surface area (Å²) in [6.45, 7) is 1.78. The number of hydrogen-bond donors (Lipinski definition) is 2. The van der Waals surface area contributed by atoms with Gasteiger partial charge in [-0.3, -0.25) is 4.79 Å². The van der Waals surface area contributed by atoms with Crippen LogP contribution < -0.4 is 10.0 Å². The SMILES string of the molecule is C[C@@H](Sc1ccccn1)C(=O)Nc1ccc(S(=O)(=O)Nc2ncccn2)cc1. The van der Waals surface area contributed by atoms with Crippen molar-refractivity contribution >= 4 is 39.3 Å². The average molecular weight is 416 g/mol. The van der Waals surface area contributed by atoms with Gasteiger partial charge in [0.05, 0.1) is 15.2 Å². The molecule has 1 amide bonds. The Kier molecular flexibility index (Phi) is 6.22. The Morgan fingerprint density at radius 1 is 0.964 bits per heavy atom. The van der Waals surface area contributed by atoms with Gasteiger partial charge in [0, 0.05) is 24.3 Å². The van der Waals surface area contributed by atoms with E-state index in [0.29, 0.717) is 5.69 Å². The molecule has 0 bridgehead atoms. The summed E-state index contributed by atoms with van der Waals surface area (Å²) in [5.74, 6) is -0.220. The van der Waals surface area contributed by atoms with Gasteiger partial charge in [0.15, 0.2) is 0 Å². The van der Waals surface area contributed by atoms with Crippen molar-refractivity contribution in [1.29, 1.82) is 0 Å². The summed E-state index contributed by atoms with van der Waals surface area (Å²) >= 11 is 1.34. The first-order valence-corrected chi connectivity index (χ1v) is 10.6. The van der Waals surface area contributed by atoms with Crippen LogP contribution >= 0.6 is 11.8 Å². The van der Waals surface area contributed by atoms with Crippen molar-refractivity contribution in [1.82, 2.24) is 15.0 Å². The van der Waals surface area contributed by atoms with E-state index in [-0.39, 0.29) is 22.0 Å². The van der Waals surface area contributed by atoms with Crippen LogP contribution in [0.25, 0.3) is 0 Å². The smallest absolute Gasteiger partial charge is 0.264 e. The predicted octanol–water partition coefficient (Wildman–Crippen LogP) is 2.79. The molecule has 0 saturated carbocycles. The minimum absolute atomic E-state index is 0.0137. The van der Waals surface area contributed by atoms with E-state index in [1.807, 2.05) is 18.2 Å². The van der Waals surface area contributed by atoms with Crippen molar-refractivity contribution in [3.8, 4) is 0 Å². The lowest BCUT2D eigenvalue weighted by Gasteiger charge is -2.12. The van der Waals surface area contributed by atoms with Gasteiger partial charge in [0.25, 0.3) is 10.0 Å². The fourth-order valence-electron chi connectivity index (χ4n) is 2.14. The summed E-state index contributed by atoms with van der Waals surface area (Å²) in [6.07, 6.45) is 4.54. The molecule has 0 unspecified atom stereocenters. The Morgan fingerprint density at radius 3 is 2.29 bits per heavy atom. The summed E-state index contributed by atoms with van der Waals surface area (Å²) in [5.41, 5.74) is 0.494. The molecule has 10 heteroatoms. The van der Waals surface area contributed by atoms with Crippen molar-refractivity contribution in [2.75, 3.05) is 10.0 Å². The topological polar surface area (TPSA) is 114 Å². The van der Waals surface area contributed by atoms with E-state index in [2.05, 4.69) is 25.0 Å². The van der Waals surface area contributed by atoms with E-state index in [4.69, 9.17) is 0 Å². The molecular formula is C18H17N5O3S2. The molecule has 1 aromatic carbocycles. The number of rotatable bonds is 7. The van der Waals surface area contributed by atoms with Crippen LogP contribution in [0.4, 0.5) is 11.6 Å². The molecule has 0 radical (unpaired) electrons. The molecule has 0 aliphatic heterocycles. The van der Waals surface area contributed by atoms with Gasteiger partial charge in [-0.15, -0.1) is 0 Å². The van der Waals surface area contributed by atoms with Crippen LogP contribution in [-0.4, -0.2) is 34.5 Å². The third kappa shape index (κ3) is 5.27. The number of anilines is 2. The zero-order chi connectivity index (χ0) is 20.0. The fourth-order valence-corrected chi connectivity index (χ4v) is 3.91. The largest absolute Gasteiger partial charge is 0.325 e. The minimum atomic E-state index is -3.82. The third-order valence-electron chi connectivity index (χ3n) is 3.53. The average Bonchev–Trinajstić information content (AvgIpc) is 2.69. The van der Waals surface area contributed by atoms with Gasteiger partial charge in [-0.25, -0.2) is 28.1 Å². The Hall–Kier alpha value is -2.98. The van der Waals surface area contributed by atoms with Crippen LogP contribution in [0.3, 0.4) is 0 Å². The highest BCUT2D eigenvalue weighted by Crippen LogP contribution is 2.22. The van der Waals surface area contributed by atoms with Crippen molar-refractivity contribution in [2.45, 2.75) is 22.1 Å². The maximum absolute atomic E-state index is 12.4. The predicted molar refractivity (Wildman–Crippen MR) is 107 cm³/mol. The first kappa shape index (κ1) is 19.8. The number of benzene rings is 1. The molecule has 2 heterocycles. The van der Waals surface area contributed by atoms with E-state index < -0.39 is 10.0 Å². The van der Waals surface area contributed by atoms with Crippen LogP contribution in [0.1, 0.15) is 6.92 Å². The number of aromatic nitrogens is 3. The van der Waals surface area contributed by atoms with E-state index in [0.717, 1.165) is 5.03 Å².